The van der Waals surface area contributed by atoms with Crippen molar-refractivity contribution in [2.45, 2.75) is 55.5 Å². The number of furan rings is 1. The molecule has 35 heavy (non-hydrogen) atoms. The highest BCUT2D eigenvalue weighted by molar-refractivity contribution is 8.00. The van der Waals surface area contributed by atoms with Crippen LogP contribution in [0.2, 0.25) is 0 Å². The van der Waals surface area contributed by atoms with Gasteiger partial charge in [0.05, 0.1) is 18.0 Å². The van der Waals surface area contributed by atoms with Crippen LogP contribution in [0.5, 0.6) is 5.75 Å². The summed E-state index contributed by atoms with van der Waals surface area (Å²) in [7, 11) is 1.61. The largest absolute Gasteiger partial charge is 0.495 e. The van der Waals surface area contributed by atoms with E-state index >= 15 is 0 Å². The van der Waals surface area contributed by atoms with E-state index in [1.807, 2.05) is 43.3 Å². The van der Waals surface area contributed by atoms with Gasteiger partial charge in [0.1, 0.15) is 16.9 Å². The van der Waals surface area contributed by atoms with Gasteiger partial charge in [-0.15, -0.1) is 10.2 Å². The Bertz CT molecular complexity index is 1390. The van der Waals surface area contributed by atoms with Crippen molar-refractivity contribution >= 4 is 51.2 Å². The van der Waals surface area contributed by atoms with Gasteiger partial charge in [-0.05, 0) is 51.2 Å². The molecule has 6 rings (SSSR count). The summed E-state index contributed by atoms with van der Waals surface area (Å²) in [5.74, 6) is 1.44. The fourth-order valence-electron chi connectivity index (χ4n) is 4.78. The molecule has 4 aromatic rings. The number of carbonyl (C=O) groups is 1. The number of fused-ring (bicyclic) bond motifs is 3. The van der Waals surface area contributed by atoms with Gasteiger partial charge in [0.25, 0.3) is 0 Å². The van der Waals surface area contributed by atoms with Crippen molar-refractivity contribution in [1.82, 2.24) is 14.8 Å². The number of anilines is 2. The molecule has 1 aliphatic heterocycles. The zero-order chi connectivity index (χ0) is 23.9. The summed E-state index contributed by atoms with van der Waals surface area (Å²) >= 11 is 1.46. The summed E-state index contributed by atoms with van der Waals surface area (Å²) in [5, 5.41) is 14.5. The van der Waals surface area contributed by atoms with E-state index in [9.17, 15) is 4.79 Å². The minimum Gasteiger partial charge on any atom is -0.495 e. The predicted octanol–water partition coefficient (Wildman–Crippen LogP) is 5.63. The SMILES string of the molecule is COc1cc2c(cc1NC(=O)[C@@H](C)Sc1nnc(N3CCCCC3)n1C1CC1)oc1ccccc12. The van der Waals surface area contributed by atoms with Gasteiger partial charge in [-0.25, -0.2) is 0 Å². The molecule has 3 heterocycles. The third-order valence-electron chi connectivity index (χ3n) is 6.81. The summed E-state index contributed by atoms with van der Waals surface area (Å²) in [6.45, 7) is 3.95. The van der Waals surface area contributed by atoms with Crippen molar-refractivity contribution < 1.29 is 13.9 Å². The average Bonchev–Trinajstić information content (AvgIpc) is 3.54. The van der Waals surface area contributed by atoms with Crippen molar-refractivity contribution in [2.75, 3.05) is 30.4 Å². The van der Waals surface area contributed by atoms with Crippen LogP contribution >= 0.6 is 11.8 Å². The lowest BCUT2D eigenvalue weighted by Crippen LogP contribution is -2.32. The smallest absolute Gasteiger partial charge is 0.237 e. The number of carbonyl (C=O) groups excluding carboxylic acids is 1. The van der Waals surface area contributed by atoms with Crippen molar-refractivity contribution in [3.63, 3.8) is 0 Å². The van der Waals surface area contributed by atoms with Crippen molar-refractivity contribution in [2.24, 2.45) is 0 Å². The second-order valence-corrected chi connectivity index (χ2v) is 10.6. The topological polar surface area (TPSA) is 85.4 Å². The minimum absolute atomic E-state index is 0.117. The lowest BCUT2D eigenvalue weighted by Gasteiger charge is -2.28. The molecule has 2 aliphatic rings. The molecule has 2 fully saturated rings. The molecule has 0 unspecified atom stereocenters. The Morgan fingerprint density at radius 2 is 1.91 bits per heavy atom. The summed E-state index contributed by atoms with van der Waals surface area (Å²) < 4.78 is 13.9. The van der Waals surface area contributed by atoms with Gasteiger partial charge in [0.15, 0.2) is 5.16 Å². The molecular weight excluding hydrogens is 462 g/mol. The van der Waals surface area contributed by atoms with E-state index in [0.29, 0.717) is 23.1 Å². The number of rotatable bonds is 7. The van der Waals surface area contributed by atoms with E-state index < -0.39 is 0 Å². The quantitative estimate of drug-likeness (QED) is 0.335. The number of aromatic nitrogens is 3. The first-order chi connectivity index (χ1) is 17.1. The number of nitrogens with one attached hydrogen (secondary N) is 1. The number of hydrogen-bond acceptors (Lipinski definition) is 7. The number of methoxy groups -OCH3 is 1. The molecule has 1 saturated heterocycles. The highest BCUT2D eigenvalue weighted by atomic mass is 32.2. The van der Waals surface area contributed by atoms with Crippen LogP contribution in [0.15, 0.2) is 46.0 Å². The van der Waals surface area contributed by atoms with Gasteiger partial charge in [0, 0.05) is 36.0 Å². The zero-order valence-corrected chi connectivity index (χ0v) is 20.8. The first kappa shape index (κ1) is 22.3. The number of benzene rings is 2. The van der Waals surface area contributed by atoms with Crippen LogP contribution in [0.25, 0.3) is 21.9 Å². The molecule has 1 N–H and O–H groups in total. The standard InChI is InChI=1S/C26H29N5O3S/c1-16(35-26-29-28-25(31(26)17-10-11-17)30-12-6-3-7-13-30)24(32)27-20-15-22-19(14-23(20)33-2)18-8-4-5-9-21(18)34-22/h4-5,8-9,14-17H,3,6-7,10-13H2,1-2H3,(H,27,32)/t16-/m1/s1. The lowest BCUT2D eigenvalue weighted by atomic mass is 10.1. The molecule has 1 atom stereocenters. The third-order valence-corrected chi connectivity index (χ3v) is 7.86. The van der Waals surface area contributed by atoms with Crippen LogP contribution < -0.4 is 15.0 Å². The molecule has 9 heteroatoms. The van der Waals surface area contributed by atoms with E-state index in [-0.39, 0.29) is 11.2 Å². The predicted molar refractivity (Wildman–Crippen MR) is 139 cm³/mol. The van der Waals surface area contributed by atoms with Gasteiger partial charge >= 0.3 is 0 Å². The lowest BCUT2D eigenvalue weighted by molar-refractivity contribution is -0.115. The summed E-state index contributed by atoms with van der Waals surface area (Å²) in [6, 6.07) is 12.1. The van der Waals surface area contributed by atoms with Crippen molar-refractivity contribution in [3.05, 3.63) is 36.4 Å². The Hall–Kier alpha value is -3.20. The number of amides is 1. The van der Waals surface area contributed by atoms with Crippen LogP contribution in [0.4, 0.5) is 11.6 Å². The van der Waals surface area contributed by atoms with E-state index in [1.54, 1.807) is 7.11 Å². The molecule has 1 amide bonds. The monoisotopic (exact) mass is 491 g/mol. The summed E-state index contributed by atoms with van der Waals surface area (Å²) in [5.41, 5.74) is 2.11. The molecule has 0 radical (unpaired) electrons. The number of piperidine rings is 1. The van der Waals surface area contributed by atoms with E-state index in [2.05, 4.69) is 25.0 Å². The molecule has 0 spiro atoms. The fourth-order valence-corrected chi connectivity index (χ4v) is 5.69. The Labute approximate surface area is 208 Å². The van der Waals surface area contributed by atoms with Crippen LogP contribution in [0, 0.1) is 0 Å². The number of hydrogen-bond donors (Lipinski definition) is 1. The van der Waals surface area contributed by atoms with Crippen molar-refractivity contribution in [1.29, 1.82) is 0 Å². The van der Waals surface area contributed by atoms with Crippen molar-refractivity contribution in [3.8, 4) is 5.75 Å². The number of thioether (sulfide) groups is 1. The third kappa shape index (κ3) is 4.22. The van der Waals surface area contributed by atoms with Crippen LogP contribution in [-0.2, 0) is 4.79 Å². The molecule has 2 aromatic heterocycles. The summed E-state index contributed by atoms with van der Waals surface area (Å²) in [6.07, 6.45) is 5.94. The maximum absolute atomic E-state index is 13.2. The second-order valence-electron chi connectivity index (χ2n) is 9.33. The number of nitrogens with zero attached hydrogens (tertiary/aromatic N) is 4. The fraction of sp³-hybridized carbons (Fsp3) is 0.423. The van der Waals surface area contributed by atoms with Gasteiger partial charge in [-0.1, -0.05) is 30.0 Å². The molecule has 0 bridgehead atoms. The average molecular weight is 492 g/mol. The Kier molecular flexibility index (Phi) is 5.80. The van der Waals surface area contributed by atoms with Crippen LogP contribution in [0.1, 0.15) is 45.1 Å². The van der Waals surface area contributed by atoms with E-state index in [4.69, 9.17) is 9.15 Å². The molecule has 1 saturated carbocycles. The molecule has 1 aliphatic carbocycles. The highest BCUT2D eigenvalue weighted by Gasteiger charge is 2.33. The number of para-hydroxylation sites is 1. The van der Waals surface area contributed by atoms with Gasteiger partial charge in [0.2, 0.25) is 11.9 Å². The van der Waals surface area contributed by atoms with Gasteiger partial charge < -0.3 is 19.4 Å². The Morgan fingerprint density at radius 1 is 1.11 bits per heavy atom. The van der Waals surface area contributed by atoms with E-state index in [1.165, 1.54) is 31.0 Å². The van der Waals surface area contributed by atoms with E-state index in [0.717, 1.165) is 53.4 Å². The number of ether oxygens (including phenoxy) is 1. The Balaban J connectivity index is 1.23. The van der Waals surface area contributed by atoms with Crippen LogP contribution in [0.3, 0.4) is 0 Å². The normalized spacial score (nSPS) is 17.1. The van der Waals surface area contributed by atoms with Gasteiger partial charge in [-0.3, -0.25) is 9.36 Å². The molecule has 8 nitrogen and oxygen atoms in total. The molecule has 182 valence electrons. The molecule has 2 aromatic carbocycles. The highest BCUT2D eigenvalue weighted by Crippen LogP contribution is 2.42. The zero-order valence-electron chi connectivity index (χ0n) is 20.0. The summed E-state index contributed by atoms with van der Waals surface area (Å²) in [4.78, 5) is 15.6. The molecular formula is C26H29N5O3S. The second kappa shape index (κ2) is 9.11. The van der Waals surface area contributed by atoms with Crippen LogP contribution in [-0.4, -0.2) is 46.1 Å². The Morgan fingerprint density at radius 3 is 2.69 bits per heavy atom. The maximum atomic E-state index is 13.2. The van der Waals surface area contributed by atoms with Gasteiger partial charge in [-0.2, -0.15) is 0 Å². The maximum Gasteiger partial charge on any atom is 0.237 e. The minimum atomic E-state index is -0.359. The first-order valence-corrected chi connectivity index (χ1v) is 13.2. The first-order valence-electron chi connectivity index (χ1n) is 12.3.